The van der Waals surface area contributed by atoms with Crippen LogP contribution in [0, 0.1) is 18.8 Å². The zero-order valence-electron chi connectivity index (χ0n) is 18.2. The predicted octanol–water partition coefficient (Wildman–Crippen LogP) is 6.14. The second-order valence-electron chi connectivity index (χ2n) is 9.47. The molecule has 3 heteroatoms. The molecule has 4 rings (SSSR count). The molecule has 3 nitrogen and oxygen atoms in total. The average Bonchev–Trinajstić information content (AvgIpc) is 3.06. The third-order valence-corrected chi connectivity index (χ3v) is 7.38. The Bertz CT molecular complexity index is 795. The molecule has 0 aliphatic heterocycles. The number of aryl methyl sites for hydroxylation is 1. The first-order valence-corrected chi connectivity index (χ1v) is 11.8. The van der Waals surface area contributed by atoms with Crippen molar-refractivity contribution in [1.29, 1.82) is 0 Å². The van der Waals surface area contributed by atoms with Gasteiger partial charge in [0.05, 0.1) is 5.69 Å². The number of carbonyl (C=O) groups excluding carboxylic acids is 1. The summed E-state index contributed by atoms with van der Waals surface area (Å²) in [7, 11) is 0. The van der Waals surface area contributed by atoms with E-state index in [1.54, 1.807) is 0 Å². The van der Waals surface area contributed by atoms with E-state index in [1.165, 1.54) is 68.1 Å². The van der Waals surface area contributed by atoms with Gasteiger partial charge in [-0.1, -0.05) is 63.0 Å². The van der Waals surface area contributed by atoms with E-state index in [2.05, 4.69) is 31.3 Å². The van der Waals surface area contributed by atoms with Crippen LogP contribution in [0.3, 0.4) is 0 Å². The van der Waals surface area contributed by atoms with Gasteiger partial charge in [-0.25, -0.2) is 0 Å². The molecule has 0 saturated heterocycles. The molecule has 1 heterocycles. The molecule has 0 aromatic carbocycles. The van der Waals surface area contributed by atoms with Crippen LogP contribution < -0.4 is 5.32 Å². The molecule has 1 N–H and O–H groups in total. The molecule has 0 radical (unpaired) electrons. The number of hydrogen-bond donors (Lipinski definition) is 1. The maximum Gasteiger partial charge on any atom is 0.251 e. The third-order valence-electron chi connectivity index (χ3n) is 7.38. The standard InChI is InChI=1S/C26H36N2O/c1-18-10-9-15-27-25(18)24-17-23(26(29)28-21-13-7-4-8-14-21)19(2)22(24)16-20-11-5-3-6-12-20/h9-10,15,17,20-22H,3-8,11-14,16H2,1-2H3,(H,28,29). The highest BCUT2D eigenvalue weighted by Gasteiger charge is 2.33. The van der Waals surface area contributed by atoms with Crippen molar-refractivity contribution < 1.29 is 4.79 Å². The molecule has 1 amide bonds. The average molecular weight is 393 g/mol. The summed E-state index contributed by atoms with van der Waals surface area (Å²) >= 11 is 0. The molecule has 1 atom stereocenters. The van der Waals surface area contributed by atoms with Gasteiger partial charge in [-0.05, 0) is 62.3 Å². The SMILES string of the molecule is CC1=C(C(=O)NC2CCCCC2)C=C(c2ncccc2C)C1CC1CCCCC1. The first-order chi connectivity index (χ1) is 14.1. The molecular formula is C26H36N2O. The number of aromatic nitrogens is 1. The van der Waals surface area contributed by atoms with Crippen molar-refractivity contribution >= 4 is 11.5 Å². The lowest BCUT2D eigenvalue weighted by Gasteiger charge is -2.27. The van der Waals surface area contributed by atoms with Gasteiger partial charge < -0.3 is 5.32 Å². The van der Waals surface area contributed by atoms with Gasteiger partial charge >= 0.3 is 0 Å². The first kappa shape index (κ1) is 20.4. The number of pyridine rings is 1. The van der Waals surface area contributed by atoms with Gasteiger partial charge in [-0.2, -0.15) is 0 Å². The van der Waals surface area contributed by atoms with Crippen LogP contribution in [0.25, 0.3) is 5.57 Å². The maximum absolute atomic E-state index is 13.2. The number of amides is 1. The Labute approximate surface area is 176 Å². The Morgan fingerprint density at radius 1 is 1.03 bits per heavy atom. The summed E-state index contributed by atoms with van der Waals surface area (Å²) in [5.41, 5.74) is 5.70. The van der Waals surface area contributed by atoms with Crippen molar-refractivity contribution in [2.24, 2.45) is 11.8 Å². The van der Waals surface area contributed by atoms with Crippen LogP contribution in [0.2, 0.25) is 0 Å². The van der Waals surface area contributed by atoms with Gasteiger partial charge in [-0.3, -0.25) is 9.78 Å². The molecule has 3 aliphatic rings. The summed E-state index contributed by atoms with van der Waals surface area (Å²) < 4.78 is 0. The van der Waals surface area contributed by atoms with Crippen LogP contribution in [0.5, 0.6) is 0 Å². The van der Waals surface area contributed by atoms with Gasteiger partial charge in [-0.15, -0.1) is 0 Å². The van der Waals surface area contributed by atoms with E-state index in [0.717, 1.165) is 36.4 Å². The van der Waals surface area contributed by atoms with Crippen molar-refractivity contribution in [3.8, 4) is 0 Å². The van der Waals surface area contributed by atoms with Crippen LogP contribution in [-0.2, 0) is 4.79 Å². The molecule has 2 saturated carbocycles. The topological polar surface area (TPSA) is 42.0 Å². The highest BCUT2D eigenvalue weighted by Crippen LogP contribution is 2.44. The van der Waals surface area contributed by atoms with E-state index in [0.29, 0.717) is 12.0 Å². The van der Waals surface area contributed by atoms with E-state index in [-0.39, 0.29) is 5.91 Å². The Balaban J connectivity index is 1.59. The Hall–Kier alpha value is -1.90. The van der Waals surface area contributed by atoms with E-state index in [9.17, 15) is 4.79 Å². The molecule has 3 aliphatic carbocycles. The van der Waals surface area contributed by atoms with E-state index in [1.807, 2.05) is 12.3 Å². The maximum atomic E-state index is 13.2. The van der Waals surface area contributed by atoms with Crippen LogP contribution in [-0.4, -0.2) is 16.9 Å². The van der Waals surface area contributed by atoms with Gasteiger partial charge in [0.2, 0.25) is 0 Å². The summed E-state index contributed by atoms with van der Waals surface area (Å²) in [5, 5.41) is 3.34. The second kappa shape index (κ2) is 9.28. The minimum absolute atomic E-state index is 0.131. The number of nitrogens with one attached hydrogen (secondary N) is 1. The third kappa shape index (κ3) is 4.65. The fourth-order valence-electron chi connectivity index (χ4n) is 5.63. The second-order valence-corrected chi connectivity index (χ2v) is 9.47. The van der Waals surface area contributed by atoms with Crippen LogP contribution in [0.4, 0.5) is 0 Å². The van der Waals surface area contributed by atoms with Crippen LogP contribution >= 0.6 is 0 Å². The largest absolute Gasteiger partial charge is 0.349 e. The fraction of sp³-hybridized carbons (Fsp3) is 0.615. The molecule has 156 valence electrons. The lowest BCUT2D eigenvalue weighted by molar-refractivity contribution is -0.118. The summed E-state index contributed by atoms with van der Waals surface area (Å²) in [6.45, 7) is 4.32. The zero-order valence-corrected chi connectivity index (χ0v) is 18.2. The molecule has 1 aromatic heterocycles. The summed E-state index contributed by atoms with van der Waals surface area (Å²) in [6, 6.07) is 4.49. The molecular weight excluding hydrogens is 356 g/mol. The lowest BCUT2D eigenvalue weighted by Crippen LogP contribution is -2.36. The van der Waals surface area contributed by atoms with Gasteiger partial charge in [0.15, 0.2) is 0 Å². The van der Waals surface area contributed by atoms with Crippen molar-refractivity contribution in [3.05, 3.63) is 46.8 Å². The zero-order chi connectivity index (χ0) is 20.2. The van der Waals surface area contributed by atoms with E-state index in [4.69, 9.17) is 4.98 Å². The van der Waals surface area contributed by atoms with Crippen LogP contribution in [0.15, 0.2) is 35.6 Å². The number of nitrogens with zero attached hydrogens (tertiary/aromatic N) is 1. The van der Waals surface area contributed by atoms with Crippen molar-refractivity contribution in [2.75, 3.05) is 0 Å². The highest BCUT2D eigenvalue weighted by molar-refractivity contribution is 6.02. The minimum atomic E-state index is 0.131. The number of hydrogen-bond acceptors (Lipinski definition) is 2. The summed E-state index contributed by atoms with van der Waals surface area (Å²) in [6.07, 6.45) is 18.0. The summed E-state index contributed by atoms with van der Waals surface area (Å²) in [5.74, 6) is 1.24. The Kier molecular flexibility index (Phi) is 6.52. The van der Waals surface area contributed by atoms with Crippen molar-refractivity contribution in [3.63, 3.8) is 0 Å². The molecule has 0 bridgehead atoms. The van der Waals surface area contributed by atoms with Gasteiger partial charge in [0.1, 0.15) is 0 Å². The molecule has 1 aromatic rings. The number of allylic oxidation sites excluding steroid dienone is 2. The van der Waals surface area contributed by atoms with E-state index < -0.39 is 0 Å². The predicted molar refractivity (Wildman–Crippen MR) is 119 cm³/mol. The van der Waals surface area contributed by atoms with Crippen LogP contribution in [0.1, 0.15) is 88.8 Å². The smallest absolute Gasteiger partial charge is 0.251 e. The lowest BCUT2D eigenvalue weighted by atomic mass is 9.78. The number of carbonyl (C=O) groups is 1. The minimum Gasteiger partial charge on any atom is -0.349 e. The molecule has 29 heavy (non-hydrogen) atoms. The fourth-order valence-corrected chi connectivity index (χ4v) is 5.63. The quantitative estimate of drug-likeness (QED) is 0.654. The first-order valence-electron chi connectivity index (χ1n) is 11.8. The normalized spacial score (nSPS) is 23.9. The summed E-state index contributed by atoms with van der Waals surface area (Å²) in [4.78, 5) is 17.9. The van der Waals surface area contributed by atoms with Gasteiger partial charge in [0, 0.05) is 23.7 Å². The monoisotopic (exact) mass is 392 g/mol. The van der Waals surface area contributed by atoms with Gasteiger partial charge in [0.25, 0.3) is 5.91 Å². The Morgan fingerprint density at radius 2 is 1.72 bits per heavy atom. The Morgan fingerprint density at radius 3 is 2.41 bits per heavy atom. The van der Waals surface area contributed by atoms with E-state index >= 15 is 0 Å². The van der Waals surface area contributed by atoms with Crippen molar-refractivity contribution in [1.82, 2.24) is 10.3 Å². The highest BCUT2D eigenvalue weighted by atomic mass is 16.1. The molecule has 2 fully saturated rings. The molecule has 0 spiro atoms. The van der Waals surface area contributed by atoms with Crippen molar-refractivity contribution in [2.45, 2.75) is 90.5 Å². The molecule has 1 unspecified atom stereocenters. The number of rotatable bonds is 5.